The molecule has 0 unspecified atom stereocenters. The first kappa shape index (κ1) is 36.4. The number of nitrogens with one attached hydrogen (secondary N) is 6. The van der Waals surface area contributed by atoms with Gasteiger partial charge in [-0.2, -0.15) is 0 Å². The summed E-state index contributed by atoms with van der Waals surface area (Å²) in [4.78, 5) is 43.3. The summed E-state index contributed by atoms with van der Waals surface area (Å²) in [5, 5.41) is 18.3. The first-order chi connectivity index (χ1) is 25.5. The van der Waals surface area contributed by atoms with Crippen LogP contribution in [0.4, 0.5) is 38.9 Å². The van der Waals surface area contributed by atoms with Gasteiger partial charge in [0.2, 0.25) is 0 Å². The van der Waals surface area contributed by atoms with E-state index in [9.17, 15) is 14.4 Å². The van der Waals surface area contributed by atoms with E-state index in [0.29, 0.717) is 33.9 Å². The molecule has 2 aliphatic rings. The maximum atomic E-state index is 12.8. The average molecular weight is 703 g/mol. The Bertz CT molecular complexity index is 1600. The van der Waals surface area contributed by atoms with E-state index < -0.39 is 6.03 Å². The van der Waals surface area contributed by atoms with Crippen molar-refractivity contribution in [2.45, 2.75) is 38.5 Å². The third-order valence-corrected chi connectivity index (χ3v) is 9.45. The monoisotopic (exact) mass is 702 g/mol. The molecule has 11 heteroatoms. The summed E-state index contributed by atoms with van der Waals surface area (Å²) in [5.41, 5.74) is 5.48. The van der Waals surface area contributed by atoms with Crippen LogP contribution in [0.2, 0.25) is 0 Å². The summed E-state index contributed by atoms with van der Waals surface area (Å²) in [6.07, 6.45) is 7.46. The molecule has 0 radical (unpaired) electrons. The molecule has 0 bridgehead atoms. The van der Waals surface area contributed by atoms with Gasteiger partial charge >= 0.3 is 6.03 Å². The van der Waals surface area contributed by atoms with Crippen LogP contribution in [0, 0.1) is 0 Å². The Morgan fingerprint density at radius 3 is 1.10 bits per heavy atom. The lowest BCUT2D eigenvalue weighted by atomic mass is 10.2. The molecule has 6 rings (SSSR count). The van der Waals surface area contributed by atoms with Gasteiger partial charge in [0, 0.05) is 58.3 Å². The molecule has 0 aromatic heterocycles. The molecule has 4 aromatic carbocycles. The van der Waals surface area contributed by atoms with Crippen molar-refractivity contribution in [3.05, 3.63) is 108 Å². The number of hydrogen-bond acceptors (Lipinski definition) is 7. The number of carbonyl (C=O) groups is 3. The van der Waals surface area contributed by atoms with Crippen molar-refractivity contribution in [3.63, 3.8) is 0 Å². The molecule has 2 saturated heterocycles. The van der Waals surface area contributed by atoms with Gasteiger partial charge in [-0.05, 0) is 175 Å². The molecule has 52 heavy (non-hydrogen) atoms. The fraction of sp³-hybridized carbons (Fsp3) is 0.341. The number of anilines is 6. The van der Waals surface area contributed by atoms with Crippen molar-refractivity contribution in [1.82, 2.24) is 9.80 Å². The Hall–Kier alpha value is -5.39. The highest BCUT2D eigenvalue weighted by molar-refractivity contribution is 6.06. The molecule has 0 spiro atoms. The highest BCUT2D eigenvalue weighted by Crippen LogP contribution is 2.19. The van der Waals surface area contributed by atoms with Gasteiger partial charge < -0.3 is 41.7 Å². The van der Waals surface area contributed by atoms with Crippen molar-refractivity contribution in [2.75, 3.05) is 84.3 Å². The van der Waals surface area contributed by atoms with Crippen LogP contribution >= 0.6 is 0 Å². The lowest BCUT2D eigenvalue weighted by Gasteiger charge is -2.15. The van der Waals surface area contributed by atoms with Crippen LogP contribution in [0.25, 0.3) is 0 Å². The molecule has 6 N–H and O–H groups in total. The minimum Gasteiger partial charge on any atom is -0.385 e. The zero-order chi connectivity index (χ0) is 36.0. The van der Waals surface area contributed by atoms with Crippen molar-refractivity contribution in [2.24, 2.45) is 0 Å². The largest absolute Gasteiger partial charge is 0.385 e. The van der Waals surface area contributed by atoms with Crippen LogP contribution < -0.4 is 31.9 Å². The Labute approximate surface area is 306 Å². The van der Waals surface area contributed by atoms with E-state index in [-0.39, 0.29) is 11.8 Å². The fourth-order valence-corrected chi connectivity index (χ4v) is 6.54. The second kappa shape index (κ2) is 18.7. The summed E-state index contributed by atoms with van der Waals surface area (Å²) in [6.45, 7) is 8.96. The maximum Gasteiger partial charge on any atom is 0.323 e. The molecule has 0 aliphatic carbocycles. The highest BCUT2D eigenvalue weighted by atomic mass is 16.2. The van der Waals surface area contributed by atoms with Gasteiger partial charge in [0.25, 0.3) is 11.8 Å². The van der Waals surface area contributed by atoms with Gasteiger partial charge in [0.05, 0.1) is 0 Å². The van der Waals surface area contributed by atoms with E-state index in [1.807, 2.05) is 48.5 Å². The SMILES string of the molecule is O=C(Nc1ccc(C(=O)Nc2ccc(NCCCN3CCCC3)cc2)cc1)Nc1ccc(C(=O)Nc2ccc(NCCCN3CCCC3)cc2)cc1. The number of nitrogens with zero attached hydrogens (tertiary/aromatic N) is 2. The van der Waals surface area contributed by atoms with Crippen LogP contribution in [0.15, 0.2) is 97.1 Å². The molecule has 272 valence electrons. The van der Waals surface area contributed by atoms with Crippen molar-refractivity contribution in [1.29, 1.82) is 0 Å². The fourth-order valence-electron chi connectivity index (χ4n) is 6.54. The molecular weight excluding hydrogens is 653 g/mol. The molecule has 2 fully saturated rings. The minimum atomic E-state index is -0.441. The van der Waals surface area contributed by atoms with E-state index in [1.165, 1.54) is 51.9 Å². The first-order valence-electron chi connectivity index (χ1n) is 18.5. The summed E-state index contributed by atoms with van der Waals surface area (Å²) in [5.74, 6) is -0.474. The lowest BCUT2D eigenvalue weighted by Crippen LogP contribution is -2.22. The van der Waals surface area contributed by atoms with Crippen molar-refractivity contribution < 1.29 is 14.4 Å². The number of amides is 4. The Kier molecular flexibility index (Phi) is 13.1. The van der Waals surface area contributed by atoms with Crippen LogP contribution in [0.5, 0.6) is 0 Å². The van der Waals surface area contributed by atoms with Crippen LogP contribution in [0.1, 0.15) is 59.2 Å². The lowest BCUT2D eigenvalue weighted by molar-refractivity contribution is 0.101. The number of rotatable bonds is 16. The Morgan fingerprint density at radius 1 is 0.423 bits per heavy atom. The third kappa shape index (κ3) is 11.3. The molecule has 0 atom stereocenters. The Morgan fingerprint density at radius 2 is 0.731 bits per heavy atom. The predicted octanol–water partition coefficient (Wildman–Crippen LogP) is 7.63. The second-order valence-corrected chi connectivity index (χ2v) is 13.5. The van der Waals surface area contributed by atoms with E-state index in [2.05, 4.69) is 41.7 Å². The quantitative estimate of drug-likeness (QED) is 0.0663. The number of carbonyl (C=O) groups excluding carboxylic acids is 3. The molecule has 4 amide bonds. The number of urea groups is 1. The summed E-state index contributed by atoms with van der Waals surface area (Å²) >= 11 is 0. The van der Waals surface area contributed by atoms with Crippen molar-refractivity contribution >= 4 is 52.0 Å². The van der Waals surface area contributed by atoms with Gasteiger partial charge in [-0.25, -0.2) is 4.79 Å². The van der Waals surface area contributed by atoms with E-state index in [0.717, 1.165) is 50.4 Å². The molecule has 0 saturated carbocycles. The number of likely N-dealkylation sites (tertiary alicyclic amines) is 2. The van der Waals surface area contributed by atoms with Crippen LogP contribution in [0.3, 0.4) is 0 Å². The van der Waals surface area contributed by atoms with Gasteiger partial charge in [0.1, 0.15) is 0 Å². The summed E-state index contributed by atoms with van der Waals surface area (Å²) in [7, 11) is 0. The van der Waals surface area contributed by atoms with Crippen LogP contribution in [-0.4, -0.2) is 80.0 Å². The van der Waals surface area contributed by atoms with E-state index in [1.54, 1.807) is 48.5 Å². The van der Waals surface area contributed by atoms with E-state index in [4.69, 9.17) is 0 Å². The average Bonchev–Trinajstić information content (AvgIpc) is 3.89. The first-order valence-corrected chi connectivity index (χ1v) is 18.5. The predicted molar refractivity (Wildman–Crippen MR) is 212 cm³/mol. The standard InChI is InChI=1S/C41H50N8O3/c50-39(44-35-19-15-33(16-20-35)42-23-5-29-48-25-1-2-26-48)31-7-11-37(12-8-31)46-41(52)47-38-13-9-32(10-14-38)40(51)45-36-21-17-34(18-22-36)43-24-6-30-49-27-3-4-28-49/h7-22,42-43H,1-6,23-30H2,(H,44,50)(H,45,51)(H2,46,47,52). The van der Waals surface area contributed by atoms with Gasteiger partial charge in [-0.3, -0.25) is 9.59 Å². The second-order valence-electron chi connectivity index (χ2n) is 13.5. The normalized spacial score (nSPS) is 14.5. The summed E-state index contributed by atoms with van der Waals surface area (Å²) in [6, 6.07) is 28.3. The molecule has 11 nitrogen and oxygen atoms in total. The molecule has 2 heterocycles. The van der Waals surface area contributed by atoms with E-state index >= 15 is 0 Å². The highest BCUT2D eigenvalue weighted by Gasteiger charge is 2.12. The van der Waals surface area contributed by atoms with Crippen LogP contribution in [-0.2, 0) is 0 Å². The molecular formula is C41H50N8O3. The van der Waals surface area contributed by atoms with Gasteiger partial charge in [-0.1, -0.05) is 0 Å². The smallest absolute Gasteiger partial charge is 0.323 e. The summed E-state index contributed by atoms with van der Waals surface area (Å²) < 4.78 is 0. The number of benzene rings is 4. The van der Waals surface area contributed by atoms with Crippen molar-refractivity contribution in [3.8, 4) is 0 Å². The zero-order valence-corrected chi connectivity index (χ0v) is 29.8. The Balaban J connectivity index is 0.884. The molecule has 4 aromatic rings. The minimum absolute atomic E-state index is 0.237. The zero-order valence-electron chi connectivity index (χ0n) is 29.8. The van der Waals surface area contributed by atoms with Gasteiger partial charge in [-0.15, -0.1) is 0 Å². The molecule has 2 aliphatic heterocycles. The number of hydrogen-bond donors (Lipinski definition) is 6. The van der Waals surface area contributed by atoms with Gasteiger partial charge in [0.15, 0.2) is 0 Å². The third-order valence-electron chi connectivity index (χ3n) is 9.45. The topological polar surface area (TPSA) is 130 Å². The maximum absolute atomic E-state index is 12.8.